The Morgan fingerprint density at radius 3 is 1.95 bits per heavy atom. The summed E-state index contributed by atoms with van der Waals surface area (Å²) in [5, 5.41) is 0. The molecule has 2 rings (SSSR count). The molecule has 5 nitrogen and oxygen atoms in total. The molecule has 0 radical (unpaired) electrons. The van der Waals surface area contributed by atoms with Gasteiger partial charge >= 0.3 is 11.9 Å². The number of hydrogen-bond acceptors (Lipinski definition) is 5. The number of rotatable bonds is 3. The number of esters is 2. The number of carbonyl (C=O) groups excluding carboxylic acids is 3. The van der Waals surface area contributed by atoms with Crippen molar-refractivity contribution >= 4 is 17.7 Å². The van der Waals surface area contributed by atoms with E-state index in [1.54, 1.807) is 0 Å². The van der Waals surface area contributed by atoms with E-state index < -0.39 is 29.4 Å². The van der Waals surface area contributed by atoms with Gasteiger partial charge in [-0.05, 0) is 25.2 Å². The van der Waals surface area contributed by atoms with Crippen LogP contribution in [0.15, 0.2) is 11.6 Å². The van der Waals surface area contributed by atoms with Crippen LogP contribution in [0.5, 0.6) is 0 Å². The van der Waals surface area contributed by atoms with Gasteiger partial charge in [0.1, 0.15) is 0 Å². The number of carbonyl (C=O) groups is 3. The van der Waals surface area contributed by atoms with Crippen LogP contribution in [0.2, 0.25) is 0 Å². The second-order valence-electron chi connectivity index (χ2n) is 7.15. The van der Waals surface area contributed by atoms with Crippen molar-refractivity contribution < 1.29 is 23.9 Å². The van der Waals surface area contributed by atoms with Gasteiger partial charge in [0, 0.05) is 19.8 Å². The molecule has 0 aromatic carbocycles. The Bertz CT molecular complexity index is 517. The molecule has 0 bridgehead atoms. The zero-order valence-corrected chi connectivity index (χ0v) is 13.4. The summed E-state index contributed by atoms with van der Waals surface area (Å²) in [6.07, 6.45) is 2.02. The summed E-state index contributed by atoms with van der Waals surface area (Å²) in [6, 6.07) is 0. The smallest absolute Gasteiger partial charge is 0.331 e. The largest absolute Gasteiger partial charge is 0.422 e. The number of allylic oxidation sites excluding steroid dienone is 2. The van der Waals surface area contributed by atoms with Crippen molar-refractivity contribution in [2.24, 2.45) is 23.2 Å². The molecular weight excluding hydrogens is 272 g/mol. The Labute approximate surface area is 124 Å². The summed E-state index contributed by atoms with van der Waals surface area (Å²) in [4.78, 5) is 36.5. The van der Waals surface area contributed by atoms with Crippen molar-refractivity contribution in [1.82, 2.24) is 0 Å². The summed E-state index contributed by atoms with van der Waals surface area (Å²) in [7, 11) is 0. The van der Waals surface area contributed by atoms with Crippen LogP contribution in [0.25, 0.3) is 0 Å². The third kappa shape index (κ3) is 2.74. The van der Waals surface area contributed by atoms with Crippen LogP contribution in [0.4, 0.5) is 0 Å². The van der Waals surface area contributed by atoms with Crippen molar-refractivity contribution in [2.45, 2.75) is 47.3 Å². The minimum Gasteiger partial charge on any atom is -0.422 e. The van der Waals surface area contributed by atoms with E-state index in [4.69, 9.17) is 9.47 Å². The Morgan fingerprint density at radius 2 is 1.52 bits per heavy atom. The molecule has 0 amide bonds. The highest BCUT2D eigenvalue weighted by Crippen LogP contribution is 2.60. The minimum atomic E-state index is -1.45. The predicted molar refractivity (Wildman–Crippen MR) is 75.0 cm³/mol. The highest BCUT2D eigenvalue weighted by molar-refractivity contribution is 6.17. The maximum absolute atomic E-state index is 12.6. The fraction of sp³-hybridized carbons (Fsp3) is 0.688. The molecule has 5 heteroatoms. The van der Waals surface area contributed by atoms with E-state index in [0.29, 0.717) is 0 Å². The van der Waals surface area contributed by atoms with Crippen molar-refractivity contribution in [1.29, 1.82) is 0 Å². The molecule has 2 atom stereocenters. The van der Waals surface area contributed by atoms with Crippen LogP contribution in [-0.4, -0.2) is 23.5 Å². The molecule has 2 aliphatic rings. The second kappa shape index (κ2) is 4.68. The molecule has 2 unspecified atom stereocenters. The molecule has 1 heterocycles. The molecule has 0 aromatic heterocycles. The summed E-state index contributed by atoms with van der Waals surface area (Å²) in [5.74, 6) is -5.06. The number of ether oxygens (including phenoxy) is 2. The Morgan fingerprint density at radius 1 is 1.05 bits per heavy atom. The molecule has 1 aliphatic carbocycles. The van der Waals surface area contributed by atoms with Crippen LogP contribution < -0.4 is 0 Å². The van der Waals surface area contributed by atoms with Crippen LogP contribution >= 0.6 is 0 Å². The van der Waals surface area contributed by atoms with E-state index in [9.17, 15) is 14.4 Å². The third-order valence-corrected chi connectivity index (χ3v) is 4.18. The van der Waals surface area contributed by atoms with Gasteiger partial charge in [0.15, 0.2) is 5.78 Å². The molecule has 1 aliphatic heterocycles. The van der Waals surface area contributed by atoms with E-state index in [2.05, 4.69) is 0 Å². The molecule has 1 saturated heterocycles. The summed E-state index contributed by atoms with van der Waals surface area (Å²) in [6.45, 7) is 10.8. The maximum Gasteiger partial charge on any atom is 0.331 e. The lowest BCUT2D eigenvalue weighted by atomic mass is 9.95. The van der Waals surface area contributed by atoms with Gasteiger partial charge < -0.3 is 9.47 Å². The first-order chi connectivity index (χ1) is 9.47. The van der Waals surface area contributed by atoms with Gasteiger partial charge in [0.2, 0.25) is 5.92 Å². The fourth-order valence-corrected chi connectivity index (χ4v) is 3.02. The number of ketones is 1. The van der Waals surface area contributed by atoms with Crippen molar-refractivity contribution in [3.63, 3.8) is 0 Å². The van der Waals surface area contributed by atoms with Crippen LogP contribution in [0.1, 0.15) is 41.5 Å². The molecule has 1 saturated carbocycles. The quantitative estimate of drug-likeness (QED) is 0.453. The molecule has 0 spiro atoms. The fourth-order valence-electron chi connectivity index (χ4n) is 3.02. The van der Waals surface area contributed by atoms with Gasteiger partial charge in [0.05, 0.1) is 0 Å². The topological polar surface area (TPSA) is 69.7 Å². The highest BCUT2D eigenvalue weighted by atomic mass is 16.7. The second-order valence-corrected chi connectivity index (χ2v) is 7.15. The summed E-state index contributed by atoms with van der Waals surface area (Å²) < 4.78 is 10.0. The van der Waals surface area contributed by atoms with Gasteiger partial charge in [-0.25, -0.2) is 0 Å². The molecule has 2 fully saturated rings. The van der Waals surface area contributed by atoms with E-state index >= 15 is 0 Å². The summed E-state index contributed by atoms with van der Waals surface area (Å²) >= 11 is 0. The molecule has 0 aromatic rings. The lowest BCUT2D eigenvalue weighted by molar-refractivity contribution is -0.238. The SMILES string of the molecule is CC(C)=CC1C(C(=O)C2C(=O)OC(C)(C)OC2=O)C1(C)C. The lowest BCUT2D eigenvalue weighted by Crippen LogP contribution is -2.49. The van der Waals surface area contributed by atoms with Crippen molar-refractivity contribution in [3.8, 4) is 0 Å². The van der Waals surface area contributed by atoms with Crippen LogP contribution in [0, 0.1) is 23.2 Å². The monoisotopic (exact) mass is 294 g/mol. The number of Topliss-reactive ketones (excluding diaryl/α,β-unsaturated/α-hetero) is 1. The average molecular weight is 294 g/mol. The standard InChI is InChI=1S/C16H22O5/c1-8(2)7-9-11(15(9,3)4)12(17)10-13(18)20-16(5,6)21-14(10)19/h7,9-11H,1-6H3. The Kier molecular flexibility index (Phi) is 3.51. The lowest BCUT2D eigenvalue weighted by Gasteiger charge is -2.32. The van der Waals surface area contributed by atoms with Crippen LogP contribution in [0.3, 0.4) is 0 Å². The first-order valence-electron chi connectivity index (χ1n) is 7.12. The van der Waals surface area contributed by atoms with Gasteiger partial charge in [-0.15, -0.1) is 0 Å². The van der Waals surface area contributed by atoms with Gasteiger partial charge in [-0.2, -0.15) is 0 Å². The first kappa shape index (κ1) is 15.7. The summed E-state index contributed by atoms with van der Waals surface area (Å²) in [5.41, 5.74) is 0.861. The number of cyclic esters (lactones) is 2. The molecule has 116 valence electrons. The molecule has 21 heavy (non-hydrogen) atoms. The van der Waals surface area contributed by atoms with Gasteiger partial charge in [-0.3, -0.25) is 14.4 Å². The highest BCUT2D eigenvalue weighted by Gasteiger charge is 2.64. The van der Waals surface area contributed by atoms with E-state index in [-0.39, 0.29) is 17.3 Å². The number of hydrogen-bond donors (Lipinski definition) is 0. The predicted octanol–water partition coefficient (Wildman–Crippen LogP) is 2.25. The van der Waals surface area contributed by atoms with E-state index in [1.807, 2.05) is 33.8 Å². The zero-order valence-electron chi connectivity index (χ0n) is 13.4. The van der Waals surface area contributed by atoms with Gasteiger partial charge in [0.25, 0.3) is 5.79 Å². The van der Waals surface area contributed by atoms with Gasteiger partial charge in [-0.1, -0.05) is 25.5 Å². The van der Waals surface area contributed by atoms with E-state index in [1.165, 1.54) is 13.8 Å². The average Bonchev–Trinajstić information content (AvgIpc) is 2.75. The van der Waals surface area contributed by atoms with Crippen molar-refractivity contribution in [3.05, 3.63) is 11.6 Å². The molecule has 0 N–H and O–H groups in total. The Balaban J connectivity index is 2.20. The minimum absolute atomic E-state index is 0.0468. The zero-order chi connectivity index (χ0) is 16.2. The molecular formula is C16H22O5. The van der Waals surface area contributed by atoms with E-state index in [0.717, 1.165) is 5.57 Å². The van der Waals surface area contributed by atoms with Crippen molar-refractivity contribution in [2.75, 3.05) is 0 Å². The normalized spacial score (nSPS) is 30.2. The first-order valence-corrected chi connectivity index (χ1v) is 7.12. The third-order valence-electron chi connectivity index (χ3n) is 4.18. The Hall–Kier alpha value is -1.65. The van der Waals surface area contributed by atoms with Crippen LogP contribution in [-0.2, 0) is 23.9 Å². The maximum atomic E-state index is 12.6.